The molecular formula is C15H13BrN4O. The van der Waals surface area contributed by atoms with Crippen molar-refractivity contribution in [3.05, 3.63) is 53.7 Å². The molecule has 2 N–H and O–H groups in total. The van der Waals surface area contributed by atoms with Crippen molar-refractivity contribution in [3.8, 4) is 22.7 Å². The number of anilines is 1. The fraction of sp³-hybridized carbons (Fsp3) is 0.0667. The fourth-order valence-corrected chi connectivity index (χ4v) is 2.53. The second-order valence-corrected chi connectivity index (χ2v) is 5.28. The molecule has 1 aromatic carbocycles. The van der Waals surface area contributed by atoms with Crippen LogP contribution in [0.3, 0.4) is 0 Å². The minimum Gasteiger partial charge on any atom is -0.495 e. The third kappa shape index (κ3) is 2.50. The minimum atomic E-state index is 0.663. The molecule has 0 aliphatic rings. The second kappa shape index (κ2) is 5.57. The van der Waals surface area contributed by atoms with Crippen molar-refractivity contribution in [3.63, 3.8) is 0 Å². The van der Waals surface area contributed by atoms with Crippen molar-refractivity contribution in [2.24, 2.45) is 0 Å². The number of imidazole rings is 1. The van der Waals surface area contributed by atoms with Crippen LogP contribution in [0.15, 0.2) is 53.7 Å². The zero-order valence-electron chi connectivity index (χ0n) is 11.3. The summed E-state index contributed by atoms with van der Waals surface area (Å²) < 4.78 is 8.18. The van der Waals surface area contributed by atoms with E-state index >= 15 is 0 Å². The molecule has 6 heteroatoms. The molecule has 21 heavy (non-hydrogen) atoms. The molecule has 3 rings (SSSR count). The maximum Gasteiger partial charge on any atom is 0.135 e. The number of nitrogens with two attached hydrogens (primary N) is 1. The van der Waals surface area contributed by atoms with Gasteiger partial charge in [-0.1, -0.05) is 0 Å². The normalized spacial score (nSPS) is 10.6. The Bertz CT molecular complexity index is 785. The molecule has 106 valence electrons. The van der Waals surface area contributed by atoms with Gasteiger partial charge in [0.2, 0.25) is 0 Å². The highest BCUT2D eigenvalue weighted by atomic mass is 79.9. The summed E-state index contributed by atoms with van der Waals surface area (Å²) >= 11 is 3.45. The molecule has 0 saturated carbocycles. The van der Waals surface area contributed by atoms with E-state index in [9.17, 15) is 0 Å². The molecule has 0 spiro atoms. The van der Waals surface area contributed by atoms with Crippen LogP contribution in [0.25, 0.3) is 16.9 Å². The van der Waals surface area contributed by atoms with E-state index in [0.29, 0.717) is 5.69 Å². The van der Waals surface area contributed by atoms with Crippen LogP contribution in [0.2, 0.25) is 0 Å². The van der Waals surface area contributed by atoms with Crippen molar-refractivity contribution in [1.29, 1.82) is 0 Å². The van der Waals surface area contributed by atoms with Gasteiger partial charge in [0, 0.05) is 29.7 Å². The number of halogens is 1. The van der Waals surface area contributed by atoms with Crippen molar-refractivity contribution in [2.45, 2.75) is 0 Å². The van der Waals surface area contributed by atoms with E-state index in [1.54, 1.807) is 38.1 Å². The molecule has 0 fully saturated rings. The summed E-state index contributed by atoms with van der Waals surface area (Å²) in [6.07, 6.45) is 6.91. The van der Waals surface area contributed by atoms with Crippen LogP contribution < -0.4 is 10.5 Å². The number of hydrogen-bond donors (Lipinski definition) is 1. The molecule has 0 unspecified atom stereocenters. The molecule has 0 bridgehead atoms. The third-order valence-electron chi connectivity index (χ3n) is 3.18. The minimum absolute atomic E-state index is 0.663. The molecule has 0 radical (unpaired) electrons. The number of nitrogen functional groups attached to an aromatic ring is 1. The predicted molar refractivity (Wildman–Crippen MR) is 85.5 cm³/mol. The molecular weight excluding hydrogens is 332 g/mol. The van der Waals surface area contributed by atoms with Gasteiger partial charge in [0.05, 0.1) is 35.5 Å². The van der Waals surface area contributed by atoms with Crippen molar-refractivity contribution >= 4 is 21.6 Å². The highest BCUT2D eigenvalue weighted by Gasteiger charge is 2.11. The second-order valence-electron chi connectivity index (χ2n) is 4.43. The lowest BCUT2D eigenvalue weighted by Gasteiger charge is -2.11. The molecule has 0 aliphatic carbocycles. The average Bonchev–Trinajstić information content (AvgIpc) is 2.97. The Hall–Kier alpha value is -2.34. The highest BCUT2D eigenvalue weighted by Crippen LogP contribution is 2.31. The SMILES string of the molecule is COc1cc(-n2cncc2-c2cnccc2N)ccc1Br. The Morgan fingerprint density at radius 1 is 1.19 bits per heavy atom. The maximum atomic E-state index is 6.03. The number of aromatic nitrogens is 3. The molecule has 5 nitrogen and oxygen atoms in total. The topological polar surface area (TPSA) is 66.0 Å². The smallest absolute Gasteiger partial charge is 0.135 e. The Balaban J connectivity index is 2.14. The number of hydrogen-bond acceptors (Lipinski definition) is 4. The first kappa shape index (κ1) is 13.6. The van der Waals surface area contributed by atoms with Crippen LogP contribution in [-0.4, -0.2) is 21.6 Å². The van der Waals surface area contributed by atoms with Crippen LogP contribution in [0.5, 0.6) is 5.75 Å². The van der Waals surface area contributed by atoms with Gasteiger partial charge < -0.3 is 10.5 Å². The summed E-state index contributed by atoms with van der Waals surface area (Å²) in [5, 5.41) is 0. The van der Waals surface area contributed by atoms with Crippen LogP contribution in [0.4, 0.5) is 5.69 Å². The van der Waals surface area contributed by atoms with E-state index in [1.807, 2.05) is 22.8 Å². The highest BCUT2D eigenvalue weighted by molar-refractivity contribution is 9.10. The Labute approximate surface area is 130 Å². The number of ether oxygens (including phenoxy) is 1. The predicted octanol–water partition coefficient (Wildman–Crippen LogP) is 3.29. The van der Waals surface area contributed by atoms with E-state index in [-0.39, 0.29) is 0 Å². The quantitative estimate of drug-likeness (QED) is 0.791. The first-order valence-corrected chi connectivity index (χ1v) is 7.06. The van der Waals surface area contributed by atoms with Gasteiger partial charge in [0.1, 0.15) is 5.75 Å². The van der Waals surface area contributed by atoms with Crippen LogP contribution in [0, 0.1) is 0 Å². The first-order valence-electron chi connectivity index (χ1n) is 6.27. The first-order chi connectivity index (χ1) is 10.2. The van der Waals surface area contributed by atoms with Crippen LogP contribution in [0.1, 0.15) is 0 Å². The number of methoxy groups -OCH3 is 1. The molecule has 2 aromatic heterocycles. The van der Waals surface area contributed by atoms with Crippen LogP contribution in [-0.2, 0) is 0 Å². The molecule has 0 amide bonds. The summed E-state index contributed by atoms with van der Waals surface area (Å²) in [7, 11) is 1.64. The molecule has 2 heterocycles. The molecule has 3 aromatic rings. The van der Waals surface area contributed by atoms with Gasteiger partial charge in [0.15, 0.2) is 0 Å². The largest absolute Gasteiger partial charge is 0.495 e. The summed E-state index contributed by atoms with van der Waals surface area (Å²) in [6.45, 7) is 0. The lowest BCUT2D eigenvalue weighted by atomic mass is 10.2. The summed E-state index contributed by atoms with van der Waals surface area (Å²) in [5.74, 6) is 0.756. The van der Waals surface area contributed by atoms with Gasteiger partial charge in [-0.05, 0) is 34.1 Å². The van der Waals surface area contributed by atoms with Gasteiger partial charge in [0.25, 0.3) is 0 Å². The third-order valence-corrected chi connectivity index (χ3v) is 3.84. The number of benzene rings is 1. The monoisotopic (exact) mass is 344 g/mol. The number of nitrogens with zero attached hydrogens (tertiary/aromatic N) is 3. The van der Waals surface area contributed by atoms with Gasteiger partial charge in [-0.2, -0.15) is 0 Å². The number of pyridine rings is 1. The maximum absolute atomic E-state index is 6.03. The van der Waals surface area contributed by atoms with E-state index in [2.05, 4.69) is 25.9 Å². The van der Waals surface area contributed by atoms with E-state index in [1.165, 1.54) is 0 Å². The standard InChI is InChI=1S/C15H13BrN4O/c1-21-15-6-10(2-3-12(15)16)20-9-19-8-14(20)11-7-18-5-4-13(11)17/h2-9H,1H3,(H2,17,18). The summed E-state index contributed by atoms with van der Waals surface area (Å²) in [5.41, 5.74) is 9.35. The fourth-order valence-electron chi connectivity index (χ4n) is 2.12. The average molecular weight is 345 g/mol. The lowest BCUT2D eigenvalue weighted by Crippen LogP contribution is -1.99. The van der Waals surface area contributed by atoms with Crippen molar-refractivity contribution in [1.82, 2.24) is 14.5 Å². The van der Waals surface area contributed by atoms with Crippen LogP contribution >= 0.6 is 15.9 Å². The molecule has 0 saturated heterocycles. The Morgan fingerprint density at radius 3 is 2.81 bits per heavy atom. The van der Waals surface area contributed by atoms with E-state index in [4.69, 9.17) is 10.5 Å². The van der Waals surface area contributed by atoms with Crippen molar-refractivity contribution in [2.75, 3.05) is 12.8 Å². The lowest BCUT2D eigenvalue weighted by molar-refractivity contribution is 0.412. The summed E-state index contributed by atoms with van der Waals surface area (Å²) in [6, 6.07) is 7.62. The van der Waals surface area contributed by atoms with Gasteiger partial charge in [-0.25, -0.2) is 4.98 Å². The van der Waals surface area contributed by atoms with Crippen molar-refractivity contribution < 1.29 is 4.74 Å². The van der Waals surface area contributed by atoms with Gasteiger partial charge >= 0.3 is 0 Å². The zero-order chi connectivity index (χ0) is 14.8. The van der Waals surface area contributed by atoms with E-state index < -0.39 is 0 Å². The molecule has 0 aliphatic heterocycles. The van der Waals surface area contributed by atoms with Gasteiger partial charge in [-0.3, -0.25) is 9.55 Å². The Morgan fingerprint density at radius 2 is 2.05 bits per heavy atom. The van der Waals surface area contributed by atoms with E-state index in [0.717, 1.165) is 27.2 Å². The summed E-state index contributed by atoms with van der Waals surface area (Å²) in [4.78, 5) is 8.35. The number of rotatable bonds is 3. The zero-order valence-corrected chi connectivity index (χ0v) is 12.9. The van der Waals surface area contributed by atoms with Gasteiger partial charge in [-0.15, -0.1) is 0 Å². The Kier molecular flexibility index (Phi) is 3.62. The molecule has 0 atom stereocenters.